The van der Waals surface area contributed by atoms with E-state index in [4.69, 9.17) is 15.2 Å². The van der Waals surface area contributed by atoms with Crippen LogP contribution in [0.5, 0.6) is 11.5 Å². The monoisotopic (exact) mass is 179 g/mol. The van der Waals surface area contributed by atoms with Gasteiger partial charge in [-0.1, -0.05) is 12.1 Å². The van der Waals surface area contributed by atoms with Gasteiger partial charge in [-0.3, -0.25) is 0 Å². The van der Waals surface area contributed by atoms with E-state index < -0.39 is 5.79 Å². The molecule has 1 aliphatic heterocycles. The molecule has 2 rings (SSSR count). The first-order valence-electron chi connectivity index (χ1n) is 4.32. The molecule has 1 heterocycles. The van der Waals surface area contributed by atoms with Crippen LogP contribution in [0.4, 0.5) is 0 Å². The van der Waals surface area contributed by atoms with Crippen LogP contribution in [0.25, 0.3) is 0 Å². The number of rotatable bonds is 1. The van der Waals surface area contributed by atoms with Gasteiger partial charge in [0.1, 0.15) is 0 Å². The number of fused-ring (bicyclic) bond motifs is 1. The summed E-state index contributed by atoms with van der Waals surface area (Å²) in [6.45, 7) is 4.24. The van der Waals surface area contributed by atoms with E-state index in [9.17, 15) is 0 Å². The van der Waals surface area contributed by atoms with Gasteiger partial charge in [0.05, 0.1) is 0 Å². The lowest BCUT2D eigenvalue weighted by molar-refractivity contribution is -0.0434. The Labute approximate surface area is 77.5 Å². The van der Waals surface area contributed by atoms with Crippen LogP contribution in [-0.4, -0.2) is 5.79 Å². The summed E-state index contributed by atoms with van der Waals surface area (Å²) in [7, 11) is 0. The quantitative estimate of drug-likeness (QED) is 0.713. The Hall–Kier alpha value is -1.22. The molecule has 0 fully saturated rings. The summed E-state index contributed by atoms with van der Waals surface area (Å²) in [5.74, 6) is 1.01. The number of nitrogens with two attached hydrogens (primary N) is 1. The smallest absolute Gasteiger partial charge is 0.246 e. The van der Waals surface area contributed by atoms with Crippen LogP contribution < -0.4 is 15.2 Å². The maximum absolute atomic E-state index is 5.61. The summed E-state index contributed by atoms with van der Waals surface area (Å²) < 4.78 is 11.2. The predicted octanol–water partition coefficient (Wildman–Crippen LogP) is 1.65. The summed E-state index contributed by atoms with van der Waals surface area (Å²) >= 11 is 0. The van der Waals surface area contributed by atoms with Crippen molar-refractivity contribution in [2.24, 2.45) is 5.73 Å². The molecular weight excluding hydrogens is 166 g/mol. The molecule has 0 bridgehead atoms. The second-order valence-electron chi connectivity index (χ2n) is 3.55. The fourth-order valence-electron chi connectivity index (χ4n) is 1.45. The Morgan fingerprint density at radius 3 is 2.77 bits per heavy atom. The number of hydrogen-bond acceptors (Lipinski definition) is 3. The minimum Gasteiger partial charge on any atom is -0.449 e. The minimum atomic E-state index is -0.562. The third-order valence-corrected chi connectivity index (χ3v) is 1.98. The van der Waals surface area contributed by atoms with Crippen molar-refractivity contribution < 1.29 is 9.47 Å². The molecule has 0 unspecified atom stereocenters. The van der Waals surface area contributed by atoms with Gasteiger partial charge < -0.3 is 15.2 Å². The Kier molecular flexibility index (Phi) is 1.70. The van der Waals surface area contributed by atoms with E-state index in [1.807, 2.05) is 32.0 Å². The van der Waals surface area contributed by atoms with Gasteiger partial charge in [-0.2, -0.15) is 0 Å². The number of hydrogen-bond donors (Lipinski definition) is 1. The maximum Gasteiger partial charge on any atom is 0.246 e. The van der Waals surface area contributed by atoms with E-state index in [1.165, 1.54) is 0 Å². The van der Waals surface area contributed by atoms with E-state index in [0.29, 0.717) is 6.54 Å². The van der Waals surface area contributed by atoms with Gasteiger partial charge in [0.2, 0.25) is 5.79 Å². The molecule has 0 saturated carbocycles. The highest BCUT2D eigenvalue weighted by Gasteiger charge is 2.32. The molecule has 2 N–H and O–H groups in total. The van der Waals surface area contributed by atoms with E-state index in [-0.39, 0.29) is 0 Å². The largest absolute Gasteiger partial charge is 0.449 e. The molecule has 0 saturated heterocycles. The molecule has 0 aliphatic carbocycles. The molecule has 1 aliphatic rings. The normalized spacial score (nSPS) is 17.5. The van der Waals surface area contributed by atoms with E-state index in [0.717, 1.165) is 17.1 Å². The predicted molar refractivity (Wildman–Crippen MR) is 49.7 cm³/mol. The average molecular weight is 179 g/mol. The van der Waals surface area contributed by atoms with Crippen molar-refractivity contribution in [3.05, 3.63) is 23.8 Å². The molecule has 13 heavy (non-hydrogen) atoms. The van der Waals surface area contributed by atoms with Crippen LogP contribution in [0.15, 0.2) is 18.2 Å². The number of ether oxygens (including phenoxy) is 2. The summed E-state index contributed by atoms with van der Waals surface area (Å²) in [5.41, 5.74) is 6.56. The summed E-state index contributed by atoms with van der Waals surface area (Å²) in [6.07, 6.45) is 0. The van der Waals surface area contributed by atoms with Gasteiger partial charge in [0.25, 0.3) is 0 Å². The van der Waals surface area contributed by atoms with Crippen LogP contribution >= 0.6 is 0 Å². The Morgan fingerprint density at radius 2 is 2.08 bits per heavy atom. The molecule has 3 heteroatoms. The van der Waals surface area contributed by atoms with Gasteiger partial charge >= 0.3 is 0 Å². The van der Waals surface area contributed by atoms with Crippen molar-refractivity contribution in [2.75, 3.05) is 0 Å². The van der Waals surface area contributed by atoms with Crippen LogP contribution in [0, 0.1) is 0 Å². The third-order valence-electron chi connectivity index (χ3n) is 1.98. The second kappa shape index (κ2) is 2.64. The average Bonchev–Trinajstić information content (AvgIpc) is 2.37. The molecule has 1 aromatic carbocycles. The Balaban J connectivity index is 2.45. The van der Waals surface area contributed by atoms with Gasteiger partial charge in [-0.05, 0) is 6.07 Å². The molecule has 0 atom stereocenters. The lowest BCUT2D eigenvalue weighted by Gasteiger charge is -2.16. The Morgan fingerprint density at radius 1 is 1.31 bits per heavy atom. The maximum atomic E-state index is 5.61. The Bertz CT molecular complexity index is 334. The van der Waals surface area contributed by atoms with Gasteiger partial charge in [0, 0.05) is 26.0 Å². The summed E-state index contributed by atoms with van der Waals surface area (Å²) in [5, 5.41) is 0. The zero-order valence-electron chi connectivity index (χ0n) is 7.83. The number of benzene rings is 1. The van der Waals surface area contributed by atoms with Crippen LogP contribution in [-0.2, 0) is 6.54 Å². The molecule has 0 amide bonds. The van der Waals surface area contributed by atoms with Gasteiger partial charge in [0.15, 0.2) is 11.5 Å². The highest BCUT2D eigenvalue weighted by Crippen LogP contribution is 2.41. The van der Waals surface area contributed by atoms with E-state index in [1.54, 1.807) is 0 Å². The van der Waals surface area contributed by atoms with Gasteiger partial charge in [-0.25, -0.2) is 0 Å². The summed E-state index contributed by atoms with van der Waals surface area (Å²) in [4.78, 5) is 0. The highest BCUT2D eigenvalue weighted by molar-refractivity contribution is 5.49. The zero-order valence-corrected chi connectivity index (χ0v) is 7.83. The SMILES string of the molecule is CC1(C)Oc2cccc(CN)c2O1. The fourth-order valence-corrected chi connectivity index (χ4v) is 1.45. The standard InChI is InChI=1S/C10H13NO2/c1-10(2)12-8-5-3-4-7(6-11)9(8)13-10/h3-5H,6,11H2,1-2H3. The molecule has 1 aromatic rings. The first-order valence-corrected chi connectivity index (χ1v) is 4.32. The molecule has 3 nitrogen and oxygen atoms in total. The van der Waals surface area contributed by atoms with Crippen molar-refractivity contribution in [3.8, 4) is 11.5 Å². The van der Waals surface area contributed by atoms with Crippen molar-refractivity contribution >= 4 is 0 Å². The van der Waals surface area contributed by atoms with Crippen molar-refractivity contribution in [2.45, 2.75) is 26.2 Å². The zero-order chi connectivity index (χ0) is 9.47. The van der Waals surface area contributed by atoms with Crippen LogP contribution in [0.1, 0.15) is 19.4 Å². The fraction of sp³-hybridized carbons (Fsp3) is 0.400. The molecular formula is C10H13NO2. The highest BCUT2D eigenvalue weighted by atomic mass is 16.7. The second-order valence-corrected chi connectivity index (χ2v) is 3.55. The molecule has 0 aromatic heterocycles. The molecule has 0 radical (unpaired) electrons. The van der Waals surface area contributed by atoms with Crippen LogP contribution in [0.3, 0.4) is 0 Å². The first kappa shape index (κ1) is 8.38. The topological polar surface area (TPSA) is 44.5 Å². The van der Waals surface area contributed by atoms with Crippen molar-refractivity contribution in [3.63, 3.8) is 0 Å². The van der Waals surface area contributed by atoms with Crippen LogP contribution in [0.2, 0.25) is 0 Å². The number of para-hydroxylation sites is 1. The van der Waals surface area contributed by atoms with Crippen molar-refractivity contribution in [1.29, 1.82) is 0 Å². The lowest BCUT2D eigenvalue weighted by atomic mass is 10.2. The first-order chi connectivity index (χ1) is 6.12. The molecule has 70 valence electrons. The van der Waals surface area contributed by atoms with E-state index >= 15 is 0 Å². The van der Waals surface area contributed by atoms with Crippen molar-refractivity contribution in [1.82, 2.24) is 0 Å². The summed E-state index contributed by atoms with van der Waals surface area (Å²) in [6, 6.07) is 5.76. The van der Waals surface area contributed by atoms with Gasteiger partial charge in [-0.15, -0.1) is 0 Å². The molecule has 0 spiro atoms. The lowest BCUT2D eigenvalue weighted by Crippen LogP contribution is -2.30. The van der Waals surface area contributed by atoms with E-state index in [2.05, 4.69) is 0 Å². The minimum absolute atomic E-state index is 0.475. The third kappa shape index (κ3) is 1.35.